The molecular formula is C15H17BrClNOS. The lowest BCUT2D eigenvalue weighted by molar-refractivity contribution is 0.305. The molecule has 0 radical (unpaired) electrons. The van der Waals surface area contributed by atoms with Crippen molar-refractivity contribution in [3.8, 4) is 5.75 Å². The Balaban J connectivity index is 2.04. The zero-order valence-corrected chi connectivity index (χ0v) is 14.4. The van der Waals surface area contributed by atoms with Gasteiger partial charge < -0.3 is 10.1 Å². The van der Waals surface area contributed by atoms with Crippen LogP contribution < -0.4 is 10.1 Å². The van der Waals surface area contributed by atoms with Gasteiger partial charge in [0.15, 0.2) is 0 Å². The summed E-state index contributed by atoms with van der Waals surface area (Å²) in [5.41, 5.74) is 1.03. The van der Waals surface area contributed by atoms with Gasteiger partial charge in [0.2, 0.25) is 0 Å². The Bertz CT molecular complexity index is 559. The maximum Gasteiger partial charge on any atom is 0.125 e. The number of halogens is 2. The first-order chi connectivity index (χ1) is 9.70. The van der Waals surface area contributed by atoms with Gasteiger partial charge in [0.1, 0.15) is 12.4 Å². The molecule has 2 aromatic rings. The number of nitrogens with one attached hydrogen (secondary N) is 1. The number of benzene rings is 1. The first-order valence-corrected chi connectivity index (χ1v) is 8.54. The molecule has 0 saturated carbocycles. The molecule has 5 heteroatoms. The molecule has 0 unspecified atom stereocenters. The summed E-state index contributed by atoms with van der Waals surface area (Å²) in [6, 6.07) is 9.89. The molecule has 0 atom stereocenters. The van der Waals surface area contributed by atoms with Crippen molar-refractivity contribution in [2.45, 2.75) is 26.5 Å². The van der Waals surface area contributed by atoms with Crippen LogP contribution in [0.15, 0.2) is 34.1 Å². The third kappa shape index (κ3) is 4.48. The van der Waals surface area contributed by atoms with Crippen LogP contribution >= 0.6 is 38.9 Å². The van der Waals surface area contributed by atoms with Crippen molar-refractivity contribution in [1.29, 1.82) is 0 Å². The third-order valence-electron chi connectivity index (χ3n) is 2.80. The third-order valence-corrected chi connectivity index (χ3v) is 4.75. The van der Waals surface area contributed by atoms with E-state index < -0.39 is 0 Å². The number of thiophene rings is 1. The predicted octanol–water partition coefficient (Wildman–Crippen LogP) is 5.24. The van der Waals surface area contributed by atoms with E-state index in [0.717, 1.165) is 39.6 Å². The summed E-state index contributed by atoms with van der Waals surface area (Å²) in [6.45, 7) is 4.42. The number of rotatable bonds is 7. The fourth-order valence-electron chi connectivity index (χ4n) is 1.81. The van der Waals surface area contributed by atoms with Crippen LogP contribution in [0, 0.1) is 0 Å². The van der Waals surface area contributed by atoms with Gasteiger partial charge in [0, 0.05) is 22.0 Å². The molecule has 0 saturated heterocycles. The Kier molecular flexibility index (Phi) is 6.36. The summed E-state index contributed by atoms with van der Waals surface area (Å²) in [5, 5.41) is 4.11. The van der Waals surface area contributed by atoms with Crippen LogP contribution in [-0.2, 0) is 13.2 Å². The molecule has 0 aliphatic carbocycles. The van der Waals surface area contributed by atoms with Crippen molar-refractivity contribution in [3.63, 3.8) is 0 Å². The van der Waals surface area contributed by atoms with Gasteiger partial charge in [-0.15, -0.1) is 11.3 Å². The molecule has 0 aliphatic heterocycles. The molecular weight excluding hydrogens is 358 g/mol. The molecule has 1 N–H and O–H groups in total. The number of hydrogen-bond acceptors (Lipinski definition) is 3. The SMILES string of the molecule is CCCNCc1c(Cl)cccc1OCc1ccc(Br)s1. The zero-order valence-electron chi connectivity index (χ0n) is 11.3. The number of hydrogen-bond donors (Lipinski definition) is 1. The Labute approximate surface area is 137 Å². The summed E-state index contributed by atoms with van der Waals surface area (Å²) in [5.74, 6) is 0.852. The minimum Gasteiger partial charge on any atom is -0.488 e. The molecule has 2 nitrogen and oxygen atoms in total. The lowest BCUT2D eigenvalue weighted by atomic mass is 10.2. The van der Waals surface area contributed by atoms with E-state index in [1.54, 1.807) is 11.3 Å². The van der Waals surface area contributed by atoms with Gasteiger partial charge in [-0.2, -0.15) is 0 Å². The van der Waals surface area contributed by atoms with E-state index in [0.29, 0.717) is 6.61 Å². The maximum atomic E-state index is 6.27. The van der Waals surface area contributed by atoms with Crippen molar-refractivity contribution in [2.24, 2.45) is 0 Å². The van der Waals surface area contributed by atoms with Crippen LogP contribution in [0.1, 0.15) is 23.8 Å². The van der Waals surface area contributed by atoms with Crippen LogP contribution in [-0.4, -0.2) is 6.54 Å². The molecule has 0 aliphatic rings. The Morgan fingerprint density at radius 3 is 2.85 bits per heavy atom. The van der Waals surface area contributed by atoms with E-state index in [1.165, 1.54) is 4.88 Å². The van der Waals surface area contributed by atoms with Gasteiger partial charge >= 0.3 is 0 Å². The van der Waals surface area contributed by atoms with E-state index in [4.69, 9.17) is 16.3 Å². The normalized spacial score (nSPS) is 10.8. The molecule has 1 aromatic heterocycles. The van der Waals surface area contributed by atoms with Crippen LogP contribution in [0.2, 0.25) is 5.02 Å². The van der Waals surface area contributed by atoms with Gasteiger partial charge in [-0.05, 0) is 53.2 Å². The standard InChI is InChI=1S/C15H17BrClNOS/c1-2-8-18-9-12-13(17)4-3-5-14(12)19-10-11-6-7-15(16)20-11/h3-7,18H,2,8-10H2,1H3. The van der Waals surface area contributed by atoms with Gasteiger partial charge in [0.25, 0.3) is 0 Å². The first-order valence-electron chi connectivity index (χ1n) is 6.56. The van der Waals surface area contributed by atoms with Crippen molar-refractivity contribution >= 4 is 38.9 Å². The second-order valence-corrected chi connectivity index (χ2v) is 7.34. The molecule has 2 rings (SSSR count). The lowest BCUT2D eigenvalue weighted by Crippen LogP contribution is -2.15. The summed E-state index contributed by atoms with van der Waals surface area (Å²) in [4.78, 5) is 1.18. The highest BCUT2D eigenvalue weighted by atomic mass is 79.9. The van der Waals surface area contributed by atoms with Crippen molar-refractivity contribution < 1.29 is 4.74 Å². The lowest BCUT2D eigenvalue weighted by Gasteiger charge is -2.13. The number of ether oxygens (including phenoxy) is 1. The van der Waals surface area contributed by atoms with Crippen molar-refractivity contribution in [2.75, 3.05) is 6.54 Å². The van der Waals surface area contributed by atoms with Gasteiger partial charge in [-0.1, -0.05) is 24.6 Å². The maximum absolute atomic E-state index is 6.27. The molecule has 0 bridgehead atoms. The molecule has 0 spiro atoms. The second kappa shape index (κ2) is 8.03. The fourth-order valence-corrected chi connectivity index (χ4v) is 3.44. The molecule has 0 fully saturated rings. The second-order valence-electron chi connectivity index (χ2n) is 4.39. The van der Waals surface area contributed by atoms with E-state index in [2.05, 4.69) is 34.2 Å². The highest BCUT2D eigenvalue weighted by Gasteiger charge is 2.08. The molecule has 20 heavy (non-hydrogen) atoms. The van der Waals surface area contributed by atoms with Crippen LogP contribution in [0.25, 0.3) is 0 Å². The van der Waals surface area contributed by atoms with Gasteiger partial charge in [-0.25, -0.2) is 0 Å². The average molecular weight is 375 g/mol. The van der Waals surface area contributed by atoms with E-state index >= 15 is 0 Å². The Hall–Kier alpha value is -0.550. The van der Waals surface area contributed by atoms with Crippen LogP contribution in [0.4, 0.5) is 0 Å². The molecule has 108 valence electrons. The molecule has 1 heterocycles. The van der Waals surface area contributed by atoms with Gasteiger partial charge in [0.05, 0.1) is 3.79 Å². The predicted molar refractivity (Wildman–Crippen MR) is 89.8 cm³/mol. The summed E-state index contributed by atoms with van der Waals surface area (Å²) >= 11 is 11.4. The Morgan fingerprint density at radius 2 is 2.15 bits per heavy atom. The fraction of sp³-hybridized carbons (Fsp3) is 0.333. The average Bonchev–Trinajstić information content (AvgIpc) is 2.85. The quantitative estimate of drug-likeness (QED) is 0.669. The van der Waals surface area contributed by atoms with E-state index in [1.807, 2.05) is 24.3 Å². The van der Waals surface area contributed by atoms with Crippen molar-refractivity contribution in [1.82, 2.24) is 5.32 Å². The van der Waals surface area contributed by atoms with Crippen molar-refractivity contribution in [3.05, 3.63) is 49.6 Å². The minimum absolute atomic E-state index is 0.567. The zero-order chi connectivity index (χ0) is 14.4. The summed E-state index contributed by atoms with van der Waals surface area (Å²) in [6.07, 6.45) is 1.10. The minimum atomic E-state index is 0.567. The highest BCUT2D eigenvalue weighted by molar-refractivity contribution is 9.11. The van der Waals surface area contributed by atoms with Crippen LogP contribution in [0.5, 0.6) is 5.75 Å². The topological polar surface area (TPSA) is 21.3 Å². The van der Waals surface area contributed by atoms with Gasteiger partial charge in [-0.3, -0.25) is 0 Å². The largest absolute Gasteiger partial charge is 0.488 e. The highest BCUT2D eigenvalue weighted by Crippen LogP contribution is 2.28. The smallest absolute Gasteiger partial charge is 0.125 e. The molecule has 0 amide bonds. The summed E-state index contributed by atoms with van der Waals surface area (Å²) in [7, 11) is 0. The first kappa shape index (κ1) is 15.8. The van der Waals surface area contributed by atoms with E-state index in [9.17, 15) is 0 Å². The van der Waals surface area contributed by atoms with E-state index in [-0.39, 0.29) is 0 Å². The molecule has 1 aromatic carbocycles. The summed E-state index contributed by atoms with van der Waals surface area (Å²) < 4.78 is 7.03. The monoisotopic (exact) mass is 373 g/mol. The Morgan fingerprint density at radius 1 is 1.30 bits per heavy atom. The van der Waals surface area contributed by atoms with Crippen LogP contribution in [0.3, 0.4) is 0 Å².